The number of fused-ring (bicyclic) bond motifs is 1. The molecule has 2 atom stereocenters. The molecule has 0 amide bonds. The predicted octanol–water partition coefficient (Wildman–Crippen LogP) is 4.63. The van der Waals surface area contributed by atoms with Gasteiger partial charge in [0.1, 0.15) is 0 Å². The minimum Gasteiger partial charge on any atom is -0.294 e. The van der Waals surface area contributed by atoms with E-state index in [-0.39, 0.29) is 5.92 Å². The summed E-state index contributed by atoms with van der Waals surface area (Å²) in [6.07, 6.45) is 7.60. The van der Waals surface area contributed by atoms with Gasteiger partial charge in [-0.15, -0.1) is 0 Å². The average Bonchev–Trinajstić information content (AvgIpc) is 2.53. The van der Waals surface area contributed by atoms with Gasteiger partial charge in [0, 0.05) is 23.1 Å². The van der Waals surface area contributed by atoms with Gasteiger partial charge in [0.15, 0.2) is 5.78 Å². The number of nitrogens with zero attached hydrogens (tertiary/aromatic N) is 1. The highest BCUT2D eigenvalue weighted by Gasteiger charge is 2.30. The van der Waals surface area contributed by atoms with E-state index in [4.69, 9.17) is 0 Å². The molecule has 1 heterocycles. The Morgan fingerprint density at radius 3 is 2.85 bits per heavy atom. The van der Waals surface area contributed by atoms with Gasteiger partial charge >= 0.3 is 0 Å². The van der Waals surface area contributed by atoms with Crippen molar-refractivity contribution in [2.45, 2.75) is 39.0 Å². The van der Waals surface area contributed by atoms with Crippen LogP contribution in [0.3, 0.4) is 0 Å². The number of benzene rings is 1. The SMILES string of the molecule is CCC1CCCCC1C(=O)c1ccnc2ccccc12. The molecule has 0 spiro atoms. The third kappa shape index (κ3) is 2.35. The molecule has 104 valence electrons. The Morgan fingerprint density at radius 1 is 1.20 bits per heavy atom. The van der Waals surface area contributed by atoms with Crippen molar-refractivity contribution >= 4 is 16.7 Å². The number of ketones is 1. The smallest absolute Gasteiger partial charge is 0.166 e. The molecule has 0 N–H and O–H groups in total. The van der Waals surface area contributed by atoms with Gasteiger partial charge in [0.2, 0.25) is 0 Å². The highest BCUT2D eigenvalue weighted by molar-refractivity contribution is 6.08. The Bertz CT molecular complexity index is 614. The second-order valence-corrected chi connectivity index (χ2v) is 5.80. The Balaban J connectivity index is 1.99. The number of hydrogen-bond donors (Lipinski definition) is 0. The fourth-order valence-electron chi connectivity index (χ4n) is 3.55. The molecule has 1 aliphatic carbocycles. The van der Waals surface area contributed by atoms with Crippen LogP contribution in [0.25, 0.3) is 10.9 Å². The van der Waals surface area contributed by atoms with E-state index < -0.39 is 0 Å². The zero-order valence-corrected chi connectivity index (χ0v) is 12.0. The lowest BCUT2D eigenvalue weighted by atomic mass is 9.74. The lowest BCUT2D eigenvalue weighted by Gasteiger charge is -2.29. The molecule has 20 heavy (non-hydrogen) atoms. The maximum atomic E-state index is 13.0. The summed E-state index contributed by atoms with van der Waals surface area (Å²) in [6, 6.07) is 9.84. The molecule has 1 aliphatic rings. The molecule has 3 rings (SSSR count). The molecule has 1 fully saturated rings. The van der Waals surface area contributed by atoms with Crippen molar-refractivity contribution in [1.29, 1.82) is 0 Å². The summed E-state index contributed by atoms with van der Waals surface area (Å²) in [5.74, 6) is 1.10. The zero-order chi connectivity index (χ0) is 13.9. The van der Waals surface area contributed by atoms with Gasteiger partial charge in [-0.1, -0.05) is 44.4 Å². The fourth-order valence-corrected chi connectivity index (χ4v) is 3.55. The molecule has 0 bridgehead atoms. The number of Topliss-reactive ketones (excluding diaryl/α,β-unsaturated/α-hetero) is 1. The maximum Gasteiger partial charge on any atom is 0.166 e. The quantitative estimate of drug-likeness (QED) is 0.759. The number of para-hydroxylation sites is 1. The first kappa shape index (κ1) is 13.3. The van der Waals surface area contributed by atoms with E-state index in [0.29, 0.717) is 11.7 Å². The fraction of sp³-hybridized carbons (Fsp3) is 0.444. The van der Waals surface area contributed by atoms with Crippen LogP contribution in [-0.2, 0) is 0 Å². The van der Waals surface area contributed by atoms with Gasteiger partial charge in [-0.2, -0.15) is 0 Å². The van der Waals surface area contributed by atoms with Crippen LogP contribution in [-0.4, -0.2) is 10.8 Å². The van der Waals surface area contributed by atoms with Crippen LogP contribution in [0.15, 0.2) is 36.5 Å². The number of hydrogen-bond acceptors (Lipinski definition) is 2. The summed E-state index contributed by atoms with van der Waals surface area (Å²) in [4.78, 5) is 17.3. The normalized spacial score (nSPS) is 22.9. The van der Waals surface area contributed by atoms with E-state index >= 15 is 0 Å². The minimum atomic E-state index is 0.208. The van der Waals surface area contributed by atoms with Crippen molar-refractivity contribution in [2.75, 3.05) is 0 Å². The Morgan fingerprint density at radius 2 is 2.00 bits per heavy atom. The third-order valence-electron chi connectivity index (χ3n) is 4.68. The molecular formula is C18H21NO. The van der Waals surface area contributed by atoms with E-state index in [1.165, 1.54) is 19.3 Å². The standard InChI is InChI=1S/C18H21NO/c1-2-13-7-3-4-8-14(13)18(20)16-11-12-19-17-10-6-5-9-15(16)17/h5-6,9-14H,2-4,7-8H2,1H3. The summed E-state index contributed by atoms with van der Waals surface area (Å²) in [7, 11) is 0. The van der Waals surface area contributed by atoms with Gasteiger partial charge < -0.3 is 0 Å². The van der Waals surface area contributed by atoms with E-state index in [9.17, 15) is 4.79 Å². The largest absolute Gasteiger partial charge is 0.294 e. The first-order valence-corrected chi connectivity index (χ1v) is 7.69. The second-order valence-electron chi connectivity index (χ2n) is 5.80. The Hall–Kier alpha value is -1.70. The first-order valence-electron chi connectivity index (χ1n) is 7.69. The van der Waals surface area contributed by atoms with Crippen molar-refractivity contribution in [3.05, 3.63) is 42.1 Å². The van der Waals surface area contributed by atoms with Gasteiger partial charge in [-0.05, 0) is 30.9 Å². The topological polar surface area (TPSA) is 30.0 Å². The number of aromatic nitrogens is 1. The van der Waals surface area contributed by atoms with E-state index in [0.717, 1.165) is 29.3 Å². The Kier molecular flexibility index (Phi) is 3.81. The van der Waals surface area contributed by atoms with Crippen molar-refractivity contribution in [1.82, 2.24) is 4.98 Å². The van der Waals surface area contributed by atoms with E-state index in [2.05, 4.69) is 11.9 Å². The number of rotatable bonds is 3. The van der Waals surface area contributed by atoms with Crippen LogP contribution < -0.4 is 0 Å². The first-order chi connectivity index (χ1) is 9.81. The van der Waals surface area contributed by atoms with Gasteiger partial charge in [0.25, 0.3) is 0 Å². The third-order valence-corrected chi connectivity index (χ3v) is 4.68. The molecule has 2 aromatic rings. The highest BCUT2D eigenvalue weighted by atomic mass is 16.1. The van der Waals surface area contributed by atoms with Crippen molar-refractivity contribution < 1.29 is 4.79 Å². The molecule has 0 radical (unpaired) electrons. The van der Waals surface area contributed by atoms with Crippen molar-refractivity contribution in [3.8, 4) is 0 Å². The van der Waals surface area contributed by atoms with Crippen LogP contribution in [0.2, 0.25) is 0 Å². The predicted molar refractivity (Wildman–Crippen MR) is 81.8 cm³/mol. The minimum absolute atomic E-state index is 0.208. The van der Waals surface area contributed by atoms with E-state index in [1.807, 2.05) is 30.3 Å². The lowest BCUT2D eigenvalue weighted by molar-refractivity contribution is 0.0822. The molecule has 1 aromatic heterocycles. The van der Waals surface area contributed by atoms with Gasteiger partial charge in [-0.25, -0.2) is 0 Å². The molecular weight excluding hydrogens is 246 g/mol. The summed E-state index contributed by atoms with van der Waals surface area (Å²) in [6.45, 7) is 2.21. The van der Waals surface area contributed by atoms with Crippen LogP contribution in [0.4, 0.5) is 0 Å². The molecule has 0 aliphatic heterocycles. The van der Waals surface area contributed by atoms with Crippen LogP contribution in [0, 0.1) is 11.8 Å². The molecule has 2 heteroatoms. The average molecular weight is 267 g/mol. The maximum absolute atomic E-state index is 13.0. The molecule has 1 saturated carbocycles. The van der Waals surface area contributed by atoms with Gasteiger partial charge in [0.05, 0.1) is 5.52 Å². The van der Waals surface area contributed by atoms with Gasteiger partial charge in [-0.3, -0.25) is 9.78 Å². The summed E-state index contributed by atoms with van der Waals surface area (Å²) >= 11 is 0. The van der Waals surface area contributed by atoms with Crippen LogP contribution in [0.1, 0.15) is 49.4 Å². The summed E-state index contributed by atoms with van der Waals surface area (Å²) in [5.41, 5.74) is 1.78. The Labute approximate surface area is 120 Å². The zero-order valence-electron chi connectivity index (χ0n) is 12.0. The molecule has 0 saturated heterocycles. The monoisotopic (exact) mass is 267 g/mol. The molecule has 2 nitrogen and oxygen atoms in total. The van der Waals surface area contributed by atoms with E-state index in [1.54, 1.807) is 6.20 Å². The number of carbonyl (C=O) groups excluding carboxylic acids is 1. The number of pyridine rings is 1. The van der Waals surface area contributed by atoms with Crippen molar-refractivity contribution in [3.63, 3.8) is 0 Å². The summed E-state index contributed by atoms with van der Waals surface area (Å²) < 4.78 is 0. The lowest BCUT2D eigenvalue weighted by Crippen LogP contribution is -2.27. The highest BCUT2D eigenvalue weighted by Crippen LogP contribution is 2.35. The van der Waals surface area contributed by atoms with Crippen LogP contribution >= 0.6 is 0 Å². The summed E-state index contributed by atoms with van der Waals surface area (Å²) in [5, 5.41) is 1.00. The van der Waals surface area contributed by atoms with Crippen molar-refractivity contribution in [2.24, 2.45) is 11.8 Å². The number of carbonyl (C=O) groups is 1. The molecule has 1 aromatic carbocycles. The molecule has 2 unspecified atom stereocenters. The second kappa shape index (κ2) is 5.74. The van der Waals surface area contributed by atoms with Crippen LogP contribution in [0.5, 0.6) is 0 Å².